The Bertz CT molecular complexity index is 2030. The molecule has 7 rings (SSSR count). The van der Waals surface area contributed by atoms with Crippen LogP contribution in [0.15, 0.2) is 253 Å². The van der Waals surface area contributed by atoms with E-state index >= 15 is 0 Å². The van der Waals surface area contributed by atoms with Gasteiger partial charge < -0.3 is 50.1 Å². The number of hydrogen-bond donors (Lipinski definition) is 4. The number of allylic oxidation sites excluding steroid dienone is 1. The maximum absolute atomic E-state index is 9.85. The summed E-state index contributed by atoms with van der Waals surface area (Å²) < 4.78 is 0. The van der Waals surface area contributed by atoms with Crippen LogP contribution >= 0.6 is 34.3 Å². The third kappa shape index (κ3) is 43.0. The minimum atomic E-state index is 0. The average Bonchev–Trinajstić information content (AvgIpc) is 3.33. The number of rotatable bonds is 9. The zero-order valence-corrected chi connectivity index (χ0v) is 48.2. The molecule has 0 bridgehead atoms. The Labute approximate surface area is 465 Å². The van der Waals surface area contributed by atoms with Gasteiger partial charge in [0.25, 0.3) is 0 Å². The van der Waals surface area contributed by atoms with Crippen LogP contribution in [0.1, 0.15) is 23.6 Å². The van der Waals surface area contributed by atoms with Gasteiger partial charge in [-0.15, -0.1) is 0 Å². The molecule has 4 nitrogen and oxygen atoms in total. The van der Waals surface area contributed by atoms with Crippen LogP contribution in [0.4, 0.5) is 0 Å². The van der Waals surface area contributed by atoms with Gasteiger partial charge in [0.1, 0.15) is 17.3 Å². The van der Waals surface area contributed by atoms with Crippen molar-refractivity contribution in [2.24, 2.45) is 0 Å². The minimum Gasteiger partial charge on any atom is -0.513 e. The van der Waals surface area contributed by atoms with Gasteiger partial charge in [-0.3, -0.25) is 0 Å². The fourth-order valence-corrected chi connectivity index (χ4v) is 7.13. The Morgan fingerprint density at radius 2 is 0.493 bits per heavy atom. The van der Waals surface area contributed by atoms with Gasteiger partial charge >= 0.3 is 0 Å². The van der Waals surface area contributed by atoms with Crippen molar-refractivity contribution < 1.29 is 86.4 Å². The number of hydrogen-bond acceptors (Lipinski definition) is 4. The fraction of sp³-hybridized carbons (Fsp3) is 0.0526. The van der Waals surface area contributed by atoms with Gasteiger partial charge in [0.2, 0.25) is 0 Å². The van der Waals surface area contributed by atoms with Crippen LogP contribution in [0, 0.1) is 29.7 Å². The molecule has 0 aliphatic heterocycles. The zero-order chi connectivity index (χ0) is 44.0. The Balaban J connectivity index is -0.000000137. The Hall–Kier alpha value is -3.61. The van der Waals surface area contributed by atoms with Gasteiger partial charge in [0.05, 0.1) is 5.76 Å². The van der Waals surface area contributed by atoms with Crippen LogP contribution < -0.4 is 10.6 Å². The van der Waals surface area contributed by atoms with Crippen molar-refractivity contribution in [3.05, 3.63) is 300 Å². The largest absolute Gasteiger partial charge is 0.513 e. The van der Waals surface area contributed by atoms with Gasteiger partial charge in [-0.2, -0.15) is 0 Å². The molecule has 0 fully saturated rings. The van der Waals surface area contributed by atoms with Gasteiger partial charge in [-0.05, 0) is 54.1 Å². The normalized spacial score (nSPS) is 10.2. The SMILES string of the molecule is CPC=C(C)O.CPC=C(O)c1ccccc1.OC(=CPc1ccccc1)c1ccccc1.OC(=CPc1ccccc1)c1ccccc1.[CH3-].[CH3-].[CH3-].[CH3-].[Ni].[Ni].[Ni].[Ni].c1ccccc1.c1ccccc1. The van der Waals surface area contributed by atoms with E-state index in [9.17, 15) is 15.3 Å². The second-order valence-corrected chi connectivity index (χ2v) is 16.4. The first-order chi connectivity index (χ1) is 29.8. The van der Waals surface area contributed by atoms with E-state index in [0.717, 1.165) is 25.3 Å². The summed E-state index contributed by atoms with van der Waals surface area (Å²) in [6, 6.07) is 73.0. The standard InChI is InChI=1S/2C14H13OP.C9H11OP.2C6H6.C4H9OP.4CH3.4Ni/c2*15-14(12-7-3-1-4-8-12)11-16-13-9-5-2-6-10-13;1-11-7-9(10)8-5-3-2-4-6-8;2*1-2-4-6-5-3-1;1-4(5)3-6-2;;;;;;;;/h2*1-11,15-16H;2-7,10-11H,1H3;2*1-6H;3,5-6H,1-2H3;4*1H3;;;;/q;;;;;;4*-1;;;;. The first kappa shape index (κ1) is 79.5. The summed E-state index contributed by atoms with van der Waals surface area (Å²) in [5.74, 6) is 8.86. The van der Waals surface area contributed by atoms with Crippen LogP contribution in [0.5, 0.6) is 0 Å². The summed E-state index contributed by atoms with van der Waals surface area (Å²) in [5, 5.41) is 40.0. The van der Waals surface area contributed by atoms with Crippen molar-refractivity contribution in [2.75, 3.05) is 13.3 Å². The molecule has 7 aromatic rings. The van der Waals surface area contributed by atoms with Crippen LogP contribution in [0.25, 0.3) is 17.3 Å². The molecule has 4 N–H and O–H groups in total. The molecule has 7 aromatic carbocycles. The van der Waals surface area contributed by atoms with Crippen molar-refractivity contribution >= 4 is 62.2 Å². The van der Waals surface area contributed by atoms with Crippen LogP contribution in [0.3, 0.4) is 0 Å². The van der Waals surface area contributed by atoms with Gasteiger partial charge in [-0.1, -0.05) is 259 Å². The van der Waals surface area contributed by atoms with E-state index in [1.807, 2.05) is 231 Å². The molecule has 0 aliphatic carbocycles. The summed E-state index contributed by atoms with van der Waals surface area (Å²) in [7, 11) is 2.37. The van der Waals surface area contributed by atoms with E-state index in [1.165, 1.54) is 10.6 Å². The van der Waals surface area contributed by atoms with Crippen LogP contribution in [0.2, 0.25) is 0 Å². The smallest absolute Gasteiger partial charge is 0.123 e. The third-order valence-corrected chi connectivity index (χ3v) is 10.9. The van der Waals surface area contributed by atoms with Crippen molar-refractivity contribution in [1.82, 2.24) is 0 Å². The van der Waals surface area contributed by atoms with E-state index in [2.05, 4.69) is 24.3 Å². The minimum absolute atomic E-state index is 0. The molecule has 0 saturated heterocycles. The molecule has 0 radical (unpaired) electrons. The first-order valence-corrected chi connectivity index (χ1v) is 24.8. The van der Waals surface area contributed by atoms with E-state index in [-0.39, 0.29) is 95.7 Å². The molecule has 386 valence electrons. The predicted molar refractivity (Wildman–Crippen MR) is 303 cm³/mol. The van der Waals surface area contributed by atoms with Crippen molar-refractivity contribution in [1.29, 1.82) is 0 Å². The molecule has 0 aromatic heterocycles. The second kappa shape index (κ2) is 55.3. The van der Waals surface area contributed by atoms with Crippen LogP contribution in [-0.4, -0.2) is 33.8 Å². The molecule has 4 atom stereocenters. The summed E-state index contributed by atoms with van der Waals surface area (Å²) in [6.07, 6.45) is 0. The zero-order valence-electron chi connectivity index (χ0n) is 40.2. The topological polar surface area (TPSA) is 80.9 Å². The van der Waals surface area contributed by atoms with E-state index in [4.69, 9.17) is 5.11 Å². The maximum atomic E-state index is 9.85. The summed E-state index contributed by atoms with van der Waals surface area (Å²) in [5.41, 5.74) is 2.62. The van der Waals surface area contributed by atoms with Crippen LogP contribution in [-0.2, 0) is 66.0 Å². The molecule has 0 aliphatic rings. The van der Waals surface area contributed by atoms with E-state index in [1.54, 1.807) is 12.7 Å². The maximum Gasteiger partial charge on any atom is 0.123 e. The molecular weight excluding hydrogens is 1110 g/mol. The third-order valence-electron chi connectivity index (χ3n) is 7.47. The second-order valence-electron chi connectivity index (χ2n) is 12.4. The van der Waals surface area contributed by atoms with Crippen molar-refractivity contribution in [3.63, 3.8) is 0 Å². The molecule has 0 saturated carbocycles. The van der Waals surface area contributed by atoms with E-state index in [0.29, 0.717) is 48.8 Å². The van der Waals surface area contributed by atoms with Crippen molar-refractivity contribution in [3.8, 4) is 0 Å². The Morgan fingerprint density at radius 3 is 0.681 bits per heavy atom. The summed E-state index contributed by atoms with van der Waals surface area (Å²) in [4.78, 5) is 0. The summed E-state index contributed by atoms with van der Waals surface area (Å²) in [6.45, 7) is 5.72. The van der Waals surface area contributed by atoms with Gasteiger partial charge in [0, 0.05) is 82.7 Å². The average molecular weight is 1180 g/mol. The Kier molecular flexibility index (Phi) is 63.8. The van der Waals surface area contributed by atoms with Crippen molar-refractivity contribution in [2.45, 2.75) is 6.92 Å². The molecule has 0 amide bonds. The summed E-state index contributed by atoms with van der Waals surface area (Å²) >= 11 is 0. The molecular formula is C57H70Ni4O4P4-4. The molecule has 69 heavy (non-hydrogen) atoms. The van der Waals surface area contributed by atoms with E-state index < -0.39 is 0 Å². The number of benzene rings is 7. The van der Waals surface area contributed by atoms with Gasteiger partial charge in [0.15, 0.2) is 0 Å². The predicted octanol–water partition coefficient (Wildman–Crippen LogP) is 16.8. The molecule has 12 heteroatoms. The quantitative estimate of drug-likeness (QED) is 0.0503. The first-order valence-electron chi connectivity index (χ1n) is 19.5. The Morgan fingerprint density at radius 1 is 0.304 bits per heavy atom. The molecule has 4 unspecified atom stereocenters. The monoisotopic (exact) mass is 1170 g/mol. The number of aliphatic hydroxyl groups is 4. The fourth-order valence-electron chi connectivity index (χ4n) is 4.56. The number of aliphatic hydroxyl groups excluding tert-OH is 4. The van der Waals surface area contributed by atoms with Gasteiger partial charge in [-0.25, -0.2) is 0 Å². The molecule has 0 spiro atoms. The molecule has 0 heterocycles.